The molecular formula is C16H19NO5. The van der Waals surface area contributed by atoms with E-state index >= 15 is 0 Å². The van der Waals surface area contributed by atoms with Crippen molar-refractivity contribution in [2.45, 2.75) is 56.9 Å². The number of nitriles is 1. The number of hydrogen-bond acceptors (Lipinski definition) is 6. The number of benzene rings is 1. The minimum Gasteiger partial charge on any atom is -0.375 e. The molecule has 6 heteroatoms. The number of ether oxygens (including phenoxy) is 4. The average Bonchev–Trinajstić information content (AvgIpc) is 2.97. The molecule has 3 rings (SSSR count). The summed E-state index contributed by atoms with van der Waals surface area (Å²) in [6.45, 7) is 3.92. The Kier molecular flexibility index (Phi) is 4.17. The van der Waals surface area contributed by atoms with Crippen LogP contribution in [0.15, 0.2) is 30.3 Å². The molecule has 2 aliphatic heterocycles. The zero-order chi connectivity index (χ0) is 15.7. The van der Waals surface area contributed by atoms with Crippen LogP contribution in [0.2, 0.25) is 0 Å². The molecule has 0 spiro atoms. The number of nitrogens with zero attached hydrogens (tertiary/aromatic N) is 1. The van der Waals surface area contributed by atoms with Crippen molar-refractivity contribution in [3.05, 3.63) is 35.9 Å². The predicted molar refractivity (Wildman–Crippen MR) is 75.3 cm³/mol. The van der Waals surface area contributed by atoms with Gasteiger partial charge in [-0.15, -0.1) is 0 Å². The molecule has 2 heterocycles. The van der Waals surface area contributed by atoms with Gasteiger partial charge in [0.25, 0.3) is 0 Å². The molecule has 0 aliphatic carbocycles. The molecule has 22 heavy (non-hydrogen) atoms. The number of hydrogen-bond donors (Lipinski definition) is 1. The molecule has 0 saturated carbocycles. The van der Waals surface area contributed by atoms with E-state index in [2.05, 4.69) is 0 Å². The molecule has 0 bridgehead atoms. The van der Waals surface area contributed by atoms with Gasteiger partial charge >= 0.3 is 0 Å². The average molecular weight is 305 g/mol. The van der Waals surface area contributed by atoms with Crippen molar-refractivity contribution in [2.24, 2.45) is 0 Å². The van der Waals surface area contributed by atoms with Crippen molar-refractivity contribution in [1.29, 1.82) is 5.26 Å². The highest BCUT2D eigenvalue weighted by Crippen LogP contribution is 2.39. The molecule has 5 atom stereocenters. The Morgan fingerprint density at radius 2 is 2.05 bits per heavy atom. The lowest BCUT2D eigenvalue weighted by molar-refractivity contribution is -0.227. The Labute approximate surface area is 129 Å². The van der Waals surface area contributed by atoms with E-state index < -0.39 is 36.5 Å². The summed E-state index contributed by atoms with van der Waals surface area (Å²) in [5.74, 6) is -0.772. The second-order valence-electron chi connectivity index (χ2n) is 5.90. The van der Waals surface area contributed by atoms with Crippen molar-refractivity contribution in [3.63, 3.8) is 0 Å². The fourth-order valence-electron chi connectivity index (χ4n) is 2.79. The zero-order valence-electron chi connectivity index (χ0n) is 12.5. The summed E-state index contributed by atoms with van der Waals surface area (Å²) in [4.78, 5) is 0. The summed E-state index contributed by atoms with van der Waals surface area (Å²) in [7, 11) is 0. The Bertz CT molecular complexity index is 555. The minimum atomic E-state index is -1.29. The predicted octanol–water partition coefficient (Wildman–Crippen LogP) is 1.33. The van der Waals surface area contributed by atoms with Gasteiger partial charge < -0.3 is 24.1 Å². The van der Waals surface area contributed by atoms with Gasteiger partial charge in [-0.3, -0.25) is 0 Å². The molecule has 2 fully saturated rings. The van der Waals surface area contributed by atoms with Crippen LogP contribution < -0.4 is 0 Å². The third-order valence-electron chi connectivity index (χ3n) is 3.76. The van der Waals surface area contributed by atoms with Crippen molar-refractivity contribution >= 4 is 0 Å². The second kappa shape index (κ2) is 5.95. The van der Waals surface area contributed by atoms with Crippen LogP contribution in [0.4, 0.5) is 0 Å². The maximum Gasteiger partial charge on any atom is 0.190 e. The van der Waals surface area contributed by atoms with Gasteiger partial charge in [0.1, 0.15) is 18.3 Å². The van der Waals surface area contributed by atoms with Crippen LogP contribution in [-0.4, -0.2) is 41.6 Å². The van der Waals surface area contributed by atoms with Crippen LogP contribution in [0.1, 0.15) is 19.4 Å². The van der Waals surface area contributed by atoms with E-state index in [1.807, 2.05) is 30.3 Å². The van der Waals surface area contributed by atoms with E-state index in [9.17, 15) is 5.11 Å². The maximum absolute atomic E-state index is 9.83. The van der Waals surface area contributed by atoms with Gasteiger partial charge in [0.15, 0.2) is 18.2 Å². The van der Waals surface area contributed by atoms with E-state index in [1.54, 1.807) is 19.9 Å². The van der Waals surface area contributed by atoms with E-state index in [-0.39, 0.29) is 0 Å². The lowest BCUT2D eigenvalue weighted by atomic mass is 10.1. The highest BCUT2D eigenvalue weighted by atomic mass is 16.8. The van der Waals surface area contributed by atoms with Gasteiger partial charge in [-0.05, 0) is 19.4 Å². The van der Waals surface area contributed by atoms with Gasteiger partial charge in [0, 0.05) is 0 Å². The van der Waals surface area contributed by atoms with Gasteiger partial charge in [-0.1, -0.05) is 30.3 Å². The number of aliphatic hydroxyl groups is 1. The molecule has 0 aromatic heterocycles. The molecule has 0 unspecified atom stereocenters. The highest BCUT2D eigenvalue weighted by molar-refractivity contribution is 5.14. The normalized spacial score (nSPS) is 34.1. The zero-order valence-corrected chi connectivity index (χ0v) is 12.5. The Balaban J connectivity index is 1.73. The number of aliphatic hydroxyl groups excluding tert-OH is 1. The lowest BCUT2D eigenvalue weighted by Crippen LogP contribution is -2.42. The Hall–Kier alpha value is -1.49. The van der Waals surface area contributed by atoms with E-state index in [1.165, 1.54) is 0 Å². The van der Waals surface area contributed by atoms with Crippen molar-refractivity contribution in [1.82, 2.24) is 0 Å². The number of rotatable bonds is 4. The molecule has 118 valence electrons. The first-order chi connectivity index (χ1) is 10.5. The van der Waals surface area contributed by atoms with Crippen LogP contribution in [0, 0.1) is 11.3 Å². The Morgan fingerprint density at radius 3 is 2.73 bits per heavy atom. The molecular weight excluding hydrogens is 286 g/mol. The summed E-state index contributed by atoms with van der Waals surface area (Å²) in [6.07, 6.45) is -3.75. The summed E-state index contributed by atoms with van der Waals surface area (Å²) < 4.78 is 23.0. The summed E-state index contributed by atoms with van der Waals surface area (Å²) in [5.41, 5.74) is 0.995. The molecule has 1 aromatic rings. The second-order valence-corrected chi connectivity index (χ2v) is 5.90. The standard InChI is InChI=1S/C16H19NO5/c1-16(2)21-14-13(19-9-10-6-4-3-5-7-10)12(11(18)8-17)20-15(14)22-16/h3-7,11-15,18H,9H2,1-2H3/t11-,12-,13+,14-,15-/m1/s1. The summed E-state index contributed by atoms with van der Waals surface area (Å²) in [5, 5.41) is 18.8. The molecule has 0 radical (unpaired) electrons. The van der Waals surface area contributed by atoms with E-state index in [4.69, 9.17) is 24.2 Å². The SMILES string of the molecule is CC1(C)O[C@H]2O[C@H]([C@H](O)C#N)[C@H](OCc3ccccc3)[C@H]2O1. The monoisotopic (exact) mass is 305 g/mol. The first kappa shape index (κ1) is 15.4. The highest BCUT2D eigenvalue weighted by Gasteiger charge is 2.57. The topological polar surface area (TPSA) is 80.9 Å². The van der Waals surface area contributed by atoms with Crippen molar-refractivity contribution in [3.8, 4) is 6.07 Å². The quantitative estimate of drug-likeness (QED) is 0.845. The fourth-order valence-corrected chi connectivity index (χ4v) is 2.79. The van der Waals surface area contributed by atoms with Crippen LogP contribution in [0.25, 0.3) is 0 Å². The van der Waals surface area contributed by atoms with Crippen LogP contribution in [0.5, 0.6) is 0 Å². The van der Waals surface area contributed by atoms with Gasteiger partial charge in [0.05, 0.1) is 12.7 Å². The van der Waals surface area contributed by atoms with Crippen molar-refractivity contribution < 1.29 is 24.1 Å². The van der Waals surface area contributed by atoms with Crippen LogP contribution in [-0.2, 0) is 25.6 Å². The van der Waals surface area contributed by atoms with Crippen LogP contribution >= 0.6 is 0 Å². The molecule has 2 aliphatic rings. The first-order valence-corrected chi connectivity index (χ1v) is 7.24. The molecule has 1 N–H and O–H groups in total. The largest absolute Gasteiger partial charge is 0.375 e. The van der Waals surface area contributed by atoms with Crippen LogP contribution in [0.3, 0.4) is 0 Å². The van der Waals surface area contributed by atoms with Gasteiger partial charge in [0.2, 0.25) is 0 Å². The molecule has 0 amide bonds. The minimum absolute atomic E-state index is 0.344. The summed E-state index contributed by atoms with van der Waals surface area (Å²) in [6, 6.07) is 11.4. The first-order valence-electron chi connectivity index (χ1n) is 7.24. The third kappa shape index (κ3) is 3.00. The third-order valence-corrected chi connectivity index (χ3v) is 3.76. The van der Waals surface area contributed by atoms with Crippen molar-refractivity contribution in [2.75, 3.05) is 0 Å². The lowest BCUT2D eigenvalue weighted by Gasteiger charge is -2.26. The maximum atomic E-state index is 9.83. The Morgan fingerprint density at radius 1 is 1.32 bits per heavy atom. The molecule has 2 saturated heterocycles. The van der Waals surface area contributed by atoms with E-state index in [0.717, 1.165) is 5.56 Å². The van der Waals surface area contributed by atoms with Gasteiger partial charge in [-0.2, -0.15) is 5.26 Å². The van der Waals surface area contributed by atoms with Gasteiger partial charge in [-0.25, -0.2) is 0 Å². The number of fused-ring (bicyclic) bond motifs is 1. The smallest absolute Gasteiger partial charge is 0.190 e. The van der Waals surface area contributed by atoms with E-state index in [0.29, 0.717) is 6.61 Å². The fraction of sp³-hybridized carbons (Fsp3) is 0.562. The molecule has 1 aromatic carbocycles. The summed E-state index contributed by atoms with van der Waals surface area (Å²) >= 11 is 0. The molecule has 6 nitrogen and oxygen atoms in total.